The van der Waals surface area contributed by atoms with Crippen molar-refractivity contribution in [1.82, 2.24) is 0 Å². The van der Waals surface area contributed by atoms with Crippen LogP contribution in [0.3, 0.4) is 0 Å². The van der Waals surface area contributed by atoms with Crippen LogP contribution in [-0.4, -0.2) is 90.2 Å². The fourth-order valence-electron chi connectivity index (χ4n) is 5.67. The Morgan fingerprint density at radius 1 is 0.302 bits per heavy atom. The van der Waals surface area contributed by atoms with Gasteiger partial charge >= 0.3 is 27.3 Å². The zero-order valence-electron chi connectivity index (χ0n) is 25.9. The van der Waals surface area contributed by atoms with Gasteiger partial charge in [-0.1, -0.05) is 51.4 Å². The second kappa shape index (κ2) is 28.2. The fourth-order valence-corrected chi connectivity index (χ4v) is 5.67. The zero-order valence-corrected chi connectivity index (χ0v) is 38.0. The summed E-state index contributed by atoms with van der Waals surface area (Å²) in [6, 6.07) is 0.148. The van der Waals surface area contributed by atoms with Gasteiger partial charge < -0.3 is 63.8 Å². The summed E-state index contributed by atoms with van der Waals surface area (Å²) < 4.78 is 0. The Kier molecular flexibility index (Phi) is 32.5. The number of aliphatic hydroxyl groups excluding tert-OH is 4. The van der Waals surface area contributed by atoms with Crippen LogP contribution >= 0.6 is 0 Å². The molecule has 4 fully saturated rings. The van der Waals surface area contributed by atoms with Crippen LogP contribution < -0.4 is 0 Å². The molecule has 0 saturated heterocycles. The maximum Gasteiger partial charge on any atom is 2.00 e. The van der Waals surface area contributed by atoms with Gasteiger partial charge in [-0.05, 0) is 51.4 Å². The molecule has 0 aromatic heterocycles. The standard InChI is InChI=1S/4C7H14NO2.3Cd/c4*8-6-3-1-5(2-4-6)7(9)10;;;/h4*5-10H,1-4H2;;;/q4*-1;;;+2. The Morgan fingerprint density at radius 3 is 0.512 bits per heavy atom. The molecule has 15 heteroatoms. The second-order valence-electron chi connectivity index (χ2n) is 12.1. The van der Waals surface area contributed by atoms with Gasteiger partial charge in [0.05, 0.1) is 0 Å². The largest absolute Gasteiger partial charge is 2.00 e. The van der Waals surface area contributed by atoms with Gasteiger partial charge in [-0.2, -0.15) is 0 Å². The smallest absolute Gasteiger partial charge is 0.675 e. The van der Waals surface area contributed by atoms with Crippen LogP contribution in [0.5, 0.6) is 0 Å². The Morgan fingerprint density at radius 2 is 0.419 bits per heavy atom. The monoisotopic (exact) mass is 918 g/mol. The van der Waals surface area contributed by atoms with E-state index in [1.54, 1.807) is 0 Å². The van der Waals surface area contributed by atoms with Crippen LogP contribution in [0, 0.1) is 23.7 Å². The third-order valence-electron chi connectivity index (χ3n) is 8.77. The maximum atomic E-state index is 8.76. The van der Waals surface area contributed by atoms with Gasteiger partial charge in [-0.3, -0.25) is 0 Å². The third kappa shape index (κ3) is 23.3. The molecular formula is C28H56Cd3N4O8-2. The Bertz CT molecular complexity index is 511. The van der Waals surface area contributed by atoms with E-state index >= 15 is 0 Å². The molecular weight excluding hydrogens is 858 g/mol. The van der Waals surface area contributed by atoms with Crippen LogP contribution in [0.1, 0.15) is 103 Å². The molecule has 244 valence electrons. The maximum absolute atomic E-state index is 8.76. The van der Waals surface area contributed by atoms with Crippen molar-refractivity contribution in [1.29, 1.82) is 0 Å². The second-order valence-corrected chi connectivity index (χ2v) is 12.1. The van der Waals surface area contributed by atoms with E-state index in [-0.39, 0.29) is 130 Å². The number of rotatable bonds is 4. The fraction of sp³-hybridized carbons (Fsp3) is 1.00. The van der Waals surface area contributed by atoms with E-state index in [1.165, 1.54) is 0 Å². The van der Waals surface area contributed by atoms with Crippen LogP contribution in [0.4, 0.5) is 0 Å². The Hall–Kier alpha value is 2.29. The number of nitrogens with one attached hydrogen (secondary N) is 4. The van der Waals surface area contributed by atoms with Crippen molar-refractivity contribution in [3.8, 4) is 0 Å². The molecule has 4 aliphatic rings. The summed E-state index contributed by atoms with van der Waals surface area (Å²) in [5.41, 5.74) is 29.4. The predicted molar refractivity (Wildman–Crippen MR) is 153 cm³/mol. The molecule has 0 amide bonds. The average Bonchev–Trinajstić information content (AvgIpc) is 2.91. The molecule has 0 spiro atoms. The summed E-state index contributed by atoms with van der Waals surface area (Å²) in [6.07, 6.45) is 8.31. The quantitative estimate of drug-likeness (QED) is 0.152. The topological polar surface area (TPSA) is 257 Å². The van der Waals surface area contributed by atoms with E-state index in [0.29, 0.717) is 0 Å². The van der Waals surface area contributed by atoms with Crippen molar-refractivity contribution < 1.29 is 123 Å². The van der Waals surface area contributed by atoms with Gasteiger partial charge in [0.2, 0.25) is 0 Å². The molecule has 0 unspecified atom stereocenters. The van der Waals surface area contributed by atoms with Crippen LogP contribution in [-0.2, 0) is 81.9 Å². The minimum atomic E-state index is -1.16. The summed E-state index contributed by atoms with van der Waals surface area (Å²) in [4.78, 5) is 0. The van der Waals surface area contributed by atoms with Crippen molar-refractivity contribution in [3.05, 3.63) is 22.9 Å². The van der Waals surface area contributed by atoms with Gasteiger partial charge in [0.1, 0.15) is 0 Å². The van der Waals surface area contributed by atoms with Gasteiger partial charge in [0.25, 0.3) is 0 Å². The normalized spacial score (nSPS) is 32.4. The van der Waals surface area contributed by atoms with Crippen molar-refractivity contribution in [2.45, 2.75) is 152 Å². The molecule has 0 aliphatic heterocycles. The van der Waals surface area contributed by atoms with Gasteiger partial charge in [0.15, 0.2) is 25.2 Å². The summed E-state index contributed by atoms with van der Waals surface area (Å²) in [7, 11) is 0. The van der Waals surface area contributed by atoms with E-state index < -0.39 is 25.2 Å². The first-order valence-corrected chi connectivity index (χ1v) is 15.1. The van der Waals surface area contributed by atoms with E-state index in [9.17, 15) is 0 Å². The van der Waals surface area contributed by atoms with Crippen molar-refractivity contribution in [2.24, 2.45) is 23.7 Å². The molecule has 43 heavy (non-hydrogen) atoms. The van der Waals surface area contributed by atoms with Crippen molar-refractivity contribution in [2.75, 3.05) is 0 Å². The number of hydrogen-bond acceptors (Lipinski definition) is 8. The average molecular weight is 914 g/mol. The number of hydrogen-bond donors (Lipinski definition) is 8. The van der Waals surface area contributed by atoms with Crippen LogP contribution in [0.15, 0.2) is 0 Å². The minimum absolute atomic E-state index is 0. The summed E-state index contributed by atoms with van der Waals surface area (Å²) in [6.45, 7) is 0. The molecule has 0 aromatic carbocycles. The third-order valence-corrected chi connectivity index (χ3v) is 8.77. The van der Waals surface area contributed by atoms with E-state index in [1.807, 2.05) is 0 Å². The molecule has 0 atom stereocenters. The summed E-state index contributed by atoms with van der Waals surface area (Å²) in [5, 5.41) is 70.1. The van der Waals surface area contributed by atoms with Crippen molar-refractivity contribution in [3.63, 3.8) is 0 Å². The van der Waals surface area contributed by atoms with E-state index in [0.717, 1.165) is 103 Å². The Balaban J connectivity index is -0.000000485. The zero-order chi connectivity index (χ0) is 30.2. The molecule has 4 saturated carbocycles. The summed E-state index contributed by atoms with van der Waals surface area (Å²) in [5.74, 6) is 0.117. The molecule has 0 aromatic rings. The van der Waals surface area contributed by atoms with Crippen molar-refractivity contribution >= 4 is 0 Å². The molecule has 4 aliphatic carbocycles. The molecule has 4 rings (SSSR count). The summed E-state index contributed by atoms with van der Waals surface area (Å²) >= 11 is 0. The van der Waals surface area contributed by atoms with Gasteiger partial charge in [0, 0.05) is 78.3 Å². The molecule has 12 nitrogen and oxygen atoms in total. The molecule has 0 heterocycles. The molecule has 0 bridgehead atoms. The van der Waals surface area contributed by atoms with Gasteiger partial charge in [-0.25, -0.2) is 0 Å². The number of aliphatic hydroxyl groups is 8. The first-order chi connectivity index (χ1) is 18.8. The van der Waals surface area contributed by atoms with Crippen LogP contribution in [0.25, 0.3) is 22.9 Å². The first kappa shape index (κ1) is 49.7. The Labute approximate surface area is 318 Å². The molecule has 0 radical (unpaired) electrons. The van der Waals surface area contributed by atoms with Gasteiger partial charge in [-0.15, -0.1) is 24.2 Å². The SMILES string of the molecule is [Cd+2].[Cd].[Cd].[NH-]C1CCC(C(O)O)CC1.[NH-]C1CCC(C(O)O)CC1.[NH-]C1CCC(C(O)O)CC1.[NH-]C1CCC(C(O)O)CC1. The van der Waals surface area contributed by atoms with E-state index in [4.69, 9.17) is 63.8 Å². The first-order valence-electron chi connectivity index (χ1n) is 15.1. The minimum Gasteiger partial charge on any atom is -0.675 e. The predicted octanol–water partition coefficient (Wildman–Crippen LogP) is 3.62. The van der Waals surface area contributed by atoms with E-state index in [2.05, 4.69) is 0 Å². The van der Waals surface area contributed by atoms with Crippen LogP contribution in [0.2, 0.25) is 0 Å². The molecule has 12 N–H and O–H groups in total.